The Bertz CT molecular complexity index is 597. The zero-order valence-corrected chi connectivity index (χ0v) is 13.8. The second-order valence-electron chi connectivity index (χ2n) is 5.37. The van der Waals surface area contributed by atoms with E-state index in [0.717, 1.165) is 21.5 Å². The van der Waals surface area contributed by atoms with Gasteiger partial charge in [-0.2, -0.15) is 0 Å². The molecule has 1 heterocycles. The Labute approximate surface area is 128 Å². The summed E-state index contributed by atoms with van der Waals surface area (Å²) in [5.74, 6) is 2.17. The SMILES string of the molecule is CC(C)c1cc(Oc2ccc(Br)cc2C(C)C)ncn1. The first-order chi connectivity index (χ1) is 9.47. The van der Waals surface area contributed by atoms with Crippen molar-refractivity contribution in [3.63, 3.8) is 0 Å². The molecule has 0 atom stereocenters. The van der Waals surface area contributed by atoms with Gasteiger partial charge in [-0.25, -0.2) is 9.97 Å². The van der Waals surface area contributed by atoms with Crippen molar-refractivity contribution in [2.45, 2.75) is 39.5 Å². The van der Waals surface area contributed by atoms with Gasteiger partial charge < -0.3 is 4.74 Å². The number of nitrogens with zero attached hydrogens (tertiary/aromatic N) is 2. The van der Waals surface area contributed by atoms with Crippen molar-refractivity contribution >= 4 is 15.9 Å². The van der Waals surface area contributed by atoms with E-state index in [1.54, 1.807) is 6.33 Å². The molecule has 0 spiro atoms. The van der Waals surface area contributed by atoms with Crippen molar-refractivity contribution in [1.29, 1.82) is 0 Å². The summed E-state index contributed by atoms with van der Waals surface area (Å²) in [5.41, 5.74) is 2.14. The Kier molecular flexibility index (Phi) is 4.76. The van der Waals surface area contributed by atoms with Gasteiger partial charge >= 0.3 is 0 Å². The number of halogens is 1. The zero-order valence-electron chi connectivity index (χ0n) is 12.2. The summed E-state index contributed by atoms with van der Waals surface area (Å²) in [6.07, 6.45) is 1.55. The van der Waals surface area contributed by atoms with E-state index < -0.39 is 0 Å². The van der Waals surface area contributed by atoms with Gasteiger partial charge in [0.2, 0.25) is 5.88 Å². The molecular weight excluding hydrogens is 316 g/mol. The number of rotatable bonds is 4. The third-order valence-corrected chi connectivity index (χ3v) is 3.56. The lowest BCUT2D eigenvalue weighted by Gasteiger charge is -2.14. The Balaban J connectivity index is 2.32. The van der Waals surface area contributed by atoms with E-state index in [-0.39, 0.29) is 0 Å². The van der Waals surface area contributed by atoms with Crippen molar-refractivity contribution in [3.8, 4) is 11.6 Å². The Hall–Kier alpha value is -1.42. The third kappa shape index (κ3) is 3.57. The van der Waals surface area contributed by atoms with Crippen LogP contribution in [0.15, 0.2) is 35.1 Å². The van der Waals surface area contributed by atoms with E-state index in [1.165, 1.54) is 0 Å². The lowest BCUT2D eigenvalue weighted by molar-refractivity contribution is 0.451. The smallest absolute Gasteiger partial charge is 0.222 e. The molecule has 4 heteroatoms. The molecule has 0 aliphatic heterocycles. The second kappa shape index (κ2) is 6.35. The normalized spacial score (nSPS) is 11.2. The van der Waals surface area contributed by atoms with Crippen LogP contribution in [0.1, 0.15) is 50.8 Å². The summed E-state index contributed by atoms with van der Waals surface area (Å²) in [6.45, 7) is 8.50. The van der Waals surface area contributed by atoms with Gasteiger partial charge in [0, 0.05) is 10.5 Å². The second-order valence-corrected chi connectivity index (χ2v) is 6.29. The van der Waals surface area contributed by atoms with Crippen molar-refractivity contribution in [2.75, 3.05) is 0 Å². The topological polar surface area (TPSA) is 35.0 Å². The predicted octanol–water partition coefficient (Wildman–Crippen LogP) is 5.28. The van der Waals surface area contributed by atoms with Gasteiger partial charge in [0.25, 0.3) is 0 Å². The fourth-order valence-corrected chi connectivity index (χ4v) is 2.28. The highest BCUT2D eigenvalue weighted by molar-refractivity contribution is 9.10. The largest absolute Gasteiger partial charge is 0.439 e. The number of ether oxygens (including phenoxy) is 1. The van der Waals surface area contributed by atoms with Crippen LogP contribution < -0.4 is 4.74 Å². The predicted molar refractivity (Wildman–Crippen MR) is 84.4 cm³/mol. The highest BCUT2D eigenvalue weighted by atomic mass is 79.9. The first-order valence-corrected chi connectivity index (χ1v) is 7.56. The van der Waals surface area contributed by atoms with Gasteiger partial charge in [0.05, 0.1) is 5.69 Å². The number of aromatic nitrogens is 2. The Morgan fingerprint density at radius 2 is 1.75 bits per heavy atom. The maximum Gasteiger partial charge on any atom is 0.222 e. The molecule has 0 N–H and O–H groups in total. The first-order valence-electron chi connectivity index (χ1n) is 6.76. The van der Waals surface area contributed by atoms with Crippen LogP contribution in [0.4, 0.5) is 0 Å². The first kappa shape index (κ1) is 15.0. The molecule has 0 fully saturated rings. The van der Waals surface area contributed by atoms with Crippen LogP contribution in [0.2, 0.25) is 0 Å². The molecule has 0 aliphatic carbocycles. The molecule has 0 amide bonds. The fraction of sp³-hybridized carbons (Fsp3) is 0.375. The fourth-order valence-electron chi connectivity index (χ4n) is 1.90. The highest BCUT2D eigenvalue weighted by Crippen LogP contribution is 2.32. The molecular formula is C16H19BrN2O. The zero-order chi connectivity index (χ0) is 14.7. The quantitative estimate of drug-likeness (QED) is 0.763. The Morgan fingerprint density at radius 3 is 2.40 bits per heavy atom. The molecule has 2 rings (SSSR count). The van der Waals surface area contributed by atoms with Crippen LogP contribution in [0.3, 0.4) is 0 Å². The molecule has 0 saturated heterocycles. The minimum absolute atomic E-state index is 0.356. The molecule has 1 aromatic carbocycles. The molecule has 0 unspecified atom stereocenters. The standard InChI is InChI=1S/C16H19BrN2O/c1-10(2)13-7-12(17)5-6-15(13)20-16-8-14(11(3)4)18-9-19-16/h5-11H,1-4H3. The average Bonchev–Trinajstić information content (AvgIpc) is 2.41. The van der Waals surface area contributed by atoms with Crippen LogP contribution in [-0.4, -0.2) is 9.97 Å². The van der Waals surface area contributed by atoms with Gasteiger partial charge in [0.15, 0.2) is 0 Å². The van der Waals surface area contributed by atoms with E-state index in [9.17, 15) is 0 Å². The lowest BCUT2D eigenvalue weighted by Crippen LogP contribution is -1.98. The minimum atomic E-state index is 0.356. The molecule has 0 bridgehead atoms. The highest BCUT2D eigenvalue weighted by Gasteiger charge is 2.11. The van der Waals surface area contributed by atoms with E-state index in [0.29, 0.717) is 17.7 Å². The number of hydrogen-bond acceptors (Lipinski definition) is 3. The van der Waals surface area contributed by atoms with E-state index in [4.69, 9.17) is 4.74 Å². The van der Waals surface area contributed by atoms with Crippen molar-refractivity contribution in [3.05, 3.63) is 46.3 Å². The maximum absolute atomic E-state index is 5.94. The van der Waals surface area contributed by atoms with E-state index in [2.05, 4.69) is 59.7 Å². The summed E-state index contributed by atoms with van der Waals surface area (Å²) < 4.78 is 7.00. The molecule has 0 aliphatic rings. The summed E-state index contributed by atoms with van der Waals surface area (Å²) in [4.78, 5) is 8.45. The summed E-state index contributed by atoms with van der Waals surface area (Å²) in [7, 11) is 0. The van der Waals surface area contributed by atoms with Crippen LogP contribution in [0.5, 0.6) is 11.6 Å². The molecule has 0 saturated carbocycles. The van der Waals surface area contributed by atoms with Gasteiger partial charge in [-0.1, -0.05) is 43.6 Å². The molecule has 1 aromatic heterocycles. The molecule has 2 aromatic rings. The third-order valence-electron chi connectivity index (χ3n) is 3.06. The van der Waals surface area contributed by atoms with Gasteiger partial charge in [-0.05, 0) is 35.6 Å². The number of benzene rings is 1. The van der Waals surface area contributed by atoms with Gasteiger partial charge in [-0.15, -0.1) is 0 Å². The van der Waals surface area contributed by atoms with Crippen LogP contribution >= 0.6 is 15.9 Å². The van der Waals surface area contributed by atoms with Gasteiger partial charge in [0.1, 0.15) is 12.1 Å². The summed E-state index contributed by atoms with van der Waals surface area (Å²) in [6, 6.07) is 7.93. The van der Waals surface area contributed by atoms with Crippen LogP contribution in [0, 0.1) is 0 Å². The summed E-state index contributed by atoms with van der Waals surface area (Å²) >= 11 is 3.50. The summed E-state index contributed by atoms with van der Waals surface area (Å²) in [5, 5.41) is 0. The molecule has 3 nitrogen and oxygen atoms in total. The lowest BCUT2D eigenvalue weighted by atomic mass is 10.0. The van der Waals surface area contributed by atoms with Gasteiger partial charge in [-0.3, -0.25) is 0 Å². The van der Waals surface area contributed by atoms with Crippen molar-refractivity contribution < 1.29 is 4.74 Å². The number of hydrogen-bond donors (Lipinski definition) is 0. The van der Waals surface area contributed by atoms with E-state index in [1.807, 2.05) is 18.2 Å². The van der Waals surface area contributed by atoms with Crippen molar-refractivity contribution in [2.24, 2.45) is 0 Å². The van der Waals surface area contributed by atoms with Crippen molar-refractivity contribution in [1.82, 2.24) is 9.97 Å². The minimum Gasteiger partial charge on any atom is -0.439 e. The molecule has 106 valence electrons. The average molecular weight is 335 g/mol. The maximum atomic E-state index is 5.94. The monoisotopic (exact) mass is 334 g/mol. The Morgan fingerprint density at radius 1 is 1.00 bits per heavy atom. The van der Waals surface area contributed by atoms with Crippen LogP contribution in [0.25, 0.3) is 0 Å². The van der Waals surface area contributed by atoms with E-state index >= 15 is 0 Å². The van der Waals surface area contributed by atoms with Crippen LogP contribution in [-0.2, 0) is 0 Å². The molecule has 0 radical (unpaired) electrons. The molecule has 20 heavy (non-hydrogen) atoms.